The molecule has 0 aliphatic heterocycles. The van der Waals surface area contributed by atoms with Gasteiger partial charge in [0.15, 0.2) is 0 Å². The summed E-state index contributed by atoms with van der Waals surface area (Å²) in [5.41, 5.74) is 8.85. The molecule has 1 aliphatic carbocycles. The molecule has 2 N–H and O–H groups in total. The first kappa shape index (κ1) is 11.1. The molecule has 0 atom stereocenters. The van der Waals surface area contributed by atoms with Crippen molar-refractivity contribution in [2.24, 2.45) is 12.8 Å². The van der Waals surface area contributed by atoms with Crippen molar-refractivity contribution in [3.63, 3.8) is 0 Å². The molecule has 3 rings (SSSR count). The first-order valence-electron chi connectivity index (χ1n) is 6.10. The minimum Gasteiger partial charge on any atom is -0.348 e. The minimum absolute atomic E-state index is 0.133. The highest BCUT2D eigenvalue weighted by molar-refractivity contribution is 6.31. The van der Waals surface area contributed by atoms with Crippen LogP contribution in [-0.2, 0) is 13.5 Å². The van der Waals surface area contributed by atoms with E-state index in [-0.39, 0.29) is 5.54 Å². The van der Waals surface area contributed by atoms with E-state index in [1.165, 1.54) is 29.4 Å². The zero-order valence-corrected chi connectivity index (χ0v) is 10.8. The molecule has 1 aromatic heterocycles. The fourth-order valence-electron chi connectivity index (χ4n) is 2.40. The maximum absolute atomic E-state index is 6.13. The fourth-order valence-corrected chi connectivity index (χ4v) is 2.59. The van der Waals surface area contributed by atoms with Crippen molar-refractivity contribution in [3.05, 3.63) is 35.0 Å². The van der Waals surface area contributed by atoms with Crippen molar-refractivity contribution >= 4 is 22.5 Å². The summed E-state index contributed by atoms with van der Waals surface area (Å²) < 4.78 is 2.25. The lowest BCUT2D eigenvalue weighted by Gasteiger charge is -2.09. The number of aryl methyl sites for hydroxylation is 2. The summed E-state index contributed by atoms with van der Waals surface area (Å²) in [7, 11) is 2.11. The second-order valence-corrected chi connectivity index (χ2v) is 5.70. The quantitative estimate of drug-likeness (QED) is 0.888. The first-order valence-corrected chi connectivity index (χ1v) is 6.48. The minimum atomic E-state index is 0.133. The van der Waals surface area contributed by atoms with E-state index in [1.807, 2.05) is 12.1 Å². The third-order valence-electron chi connectivity index (χ3n) is 3.88. The molecule has 2 nitrogen and oxygen atoms in total. The Morgan fingerprint density at radius 3 is 2.82 bits per heavy atom. The molecule has 0 spiro atoms. The van der Waals surface area contributed by atoms with Crippen LogP contribution in [0.5, 0.6) is 0 Å². The molecule has 0 radical (unpaired) electrons. The van der Waals surface area contributed by atoms with Crippen molar-refractivity contribution < 1.29 is 0 Å². The number of nitrogens with two attached hydrogens (primary N) is 1. The molecular weight excluding hydrogens is 232 g/mol. The smallest absolute Gasteiger partial charge is 0.0480 e. The molecular formula is C14H17ClN2. The summed E-state index contributed by atoms with van der Waals surface area (Å²) in [6.07, 6.45) is 4.51. The molecule has 0 unspecified atom stereocenters. The average molecular weight is 249 g/mol. The number of hydrogen-bond donors (Lipinski definition) is 1. The zero-order valence-electron chi connectivity index (χ0n) is 10.0. The van der Waals surface area contributed by atoms with E-state index in [9.17, 15) is 0 Å². The number of rotatable bonds is 3. The molecule has 1 aromatic carbocycles. The van der Waals surface area contributed by atoms with E-state index in [0.29, 0.717) is 0 Å². The largest absolute Gasteiger partial charge is 0.348 e. The number of halogens is 1. The molecule has 0 amide bonds. The van der Waals surface area contributed by atoms with E-state index in [1.54, 1.807) is 0 Å². The highest BCUT2D eigenvalue weighted by Gasteiger charge is 2.37. The number of aromatic nitrogens is 1. The van der Waals surface area contributed by atoms with E-state index in [0.717, 1.165) is 17.9 Å². The Morgan fingerprint density at radius 2 is 2.12 bits per heavy atom. The Balaban J connectivity index is 1.91. The van der Waals surface area contributed by atoms with Crippen LogP contribution in [0.25, 0.3) is 10.9 Å². The zero-order chi connectivity index (χ0) is 12.0. The second-order valence-electron chi connectivity index (χ2n) is 5.26. The van der Waals surface area contributed by atoms with Crippen LogP contribution in [0.3, 0.4) is 0 Å². The van der Waals surface area contributed by atoms with Crippen molar-refractivity contribution in [3.8, 4) is 0 Å². The maximum atomic E-state index is 6.13. The molecule has 1 fully saturated rings. The summed E-state index contributed by atoms with van der Waals surface area (Å²) in [5, 5.41) is 2.02. The van der Waals surface area contributed by atoms with Gasteiger partial charge in [0.2, 0.25) is 0 Å². The van der Waals surface area contributed by atoms with Crippen LogP contribution in [0.1, 0.15) is 25.0 Å². The van der Waals surface area contributed by atoms with Gasteiger partial charge < -0.3 is 10.3 Å². The third kappa shape index (κ3) is 2.07. The standard InChI is InChI=1S/C14H17ClN2/c1-17-12(4-5-14(16)6-7-14)9-10-8-11(15)2-3-13(10)17/h2-3,8-9H,4-7,16H2,1H3. The summed E-state index contributed by atoms with van der Waals surface area (Å²) >= 11 is 6.01. The van der Waals surface area contributed by atoms with Crippen LogP contribution in [0.15, 0.2) is 24.3 Å². The number of fused-ring (bicyclic) bond motifs is 1. The monoisotopic (exact) mass is 248 g/mol. The highest BCUT2D eigenvalue weighted by atomic mass is 35.5. The summed E-state index contributed by atoms with van der Waals surface area (Å²) in [5.74, 6) is 0. The number of hydrogen-bond acceptors (Lipinski definition) is 1. The van der Waals surface area contributed by atoms with Gasteiger partial charge in [0.25, 0.3) is 0 Å². The van der Waals surface area contributed by atoms with Gasteiger partial charge in [-0.3, -0.25) is 0 Å². The number of nitrogens with zero attached hydrogens (tertiary/aromatic N) is 1. The van der Waals surface area contributed by atoms with E-state index in [4.69, 9.17) is 17.3 Å². The van der Waals surface area contributed by atoms with E-state index < -0.39 is 0 Å². The molecule has 1 saturated carbocycles. The van der Waals surface area contributed by atoms with Crippen molar-refractivity contribution in [1.29, 1.82) is 0 Å². The second kappa shape index (κ2) is 3.76. The van der Waals surface area contributed by atoms with Crippen LogP contribution >= 0.6 is 11.6 Å². The Morgan fingerprint density at radius 1 is 1.35 bits per heavy atom. The van der Waals surface area contributed by atoms with Crippen LogP contribution < -0.4 is 5.73 Å². The Labute approximate surface area is 106 Å². The summed E-state index contributed by atoms with van der Waals surface area (Å²) in [4.78, 5) is 0. The summed E-state index contributed by atoms with van der Waals surface area (Å²) in [6.45, 7) is 0. The fraction of sp³-hybridized carbons (Fsp3) is 0.429. The van der Waals surface area contributed by atoms with Gasteiger partial charge in [0, 0.05) is 34.2 Å². The Bertz CT molecular complexity index is 567. The lowest BCUT2D eigenvalue weighted by atomic mass is 10.1. The van der Waals surface area contributed by atoms with Crippen molar-refractivity contribution in [2.45, 2.75) is 31.2 Å². The maximum Gasteiger partial charge on any atom is 0.0480 e. The molecule has 1 heterocycles. The predicted octanol–water partition coefficient (Wildman–Crippen LogP) is 3.26. The Hall–Kier alpha value is -0.990. The van der Waals surface area contributed by atoms with Crippen LogP contribution in [0.4, 0.5) is 0 Å². The van der Waals surface area contributed by atoms with E-state index >= 15 is 0 Å². The molecule has 2 aromatic rings. The third-order valence-corrected chi connectivity index (χ3v) is 4.11. The lowest BCUT2D eigenvalue weighted by Crippen LogP contribution is -2.22. The van der Waals surface area contributed by atoms with Gasteiger partial charge in [0.05, 0.1) is 0 Å². The lowest BCUT2D eigenvalue weighted by molar-refractivity contribution is 0.596. The van der Waals surface area contributed by atoms with Crippen LogP contribution in [0, 0.1) is 0 Å². The van der Waals surface area contributed by atoms with Gasteiger partial charge in [-0.1, -0.05) is 11.6 Å². The van der Waals surface area contributed by atoms with Gasteiger partial charge in [-0.15, -0.1) is 0 Å². The van der Waals surface area contributed by atoms with Gasteiger partial charge >= 0.3 is 0 Å². The molecule has 90 valence electrons. The SMILES string of the molecule is Cn1c(CCC2(N)CC2)cc2cc(Cl)ccc21. The number of benzene rings is 1. The van der Waals surface area contributed by atoms with Gasteiger partial charge in [0.1, 0.15) is 0 Å². The van der Waals surface area contributed by atoms with Gasteiger partial charge in [-0.2, -0.15) is 0 Å². The molecule has 17 heavy (non-hydrogen) atoms. The van der Waals surface area contributed by atoms with Crippen LogP contribution in [0.2, 0.25) is 5.02 Å². The summed E-state index contributed by atoms with van der Waals surface area (Å²) in [6, 6.07) is 8.28. The average Bonchev–Trinajstić information content (AvgIpc) is 2.94. The van der Waals surface area contributed by atoms with Crippen molar-refractivity contribution in [1.82, 2.24) is 4.57 Å². The first-order chi connectivity index (χ1) is 8.07. The predicted molar refractivity (Wildman–Crippen MR) is 72.4 cm³/mol. The van der Waals surface area contributed by atoms with E-state index in [2.05, 4.69) is 23.7 Å². The molecule has 3 heteroatoms. The molecule has 1 aliphatic rings. The van der Waals surface area contributed by atoms with Crippen LogP contribution in [-0.4, -0.2) is 10.1 Å². The topological polar surface area (TPSA) is 30.9 Å². The molecule has 0 saturated heterocycles. The van der Waals surface area contributed by atoms with Gasteiger partial charge in [-0.25, -0.2) is 0 Å². The normalized spacial score (nSPS) is 17.6. The van der Waals surface area contributed by atoms with Crippen molar-refractivity contribution in [2.75, 3.05) is 0 Å². The molecule has 0 bridgehead atoms. The highest BCUT2D eigenvalue weighted by Crippen LogP contribution is 2.37. The van der Waals surface area contributed by atoms with Gasteiger partial charge in [-0.05, 0) is 49.9 Å². The Kier molecular flexibility index (Phi) is 2.46.